The third-order valence-corrected chi connectivity index (χ3v) is 12.3. The molecule has 326 valence electrons. The number of rotatable bonds is 21. The highest BCUT2D eigenvalue weighted by Crippen LogP contribution is 2.50. The van der Waals surface area contributed by atoms with Crippen molar-refractivity contribution in [3.8, 4) is 23.3 Å². The first-order chi connectivity index (χ1) is 30.1. The van der Waals surface area contributed by atoms with Gasteiger partial charge in [-0.05, 0) is 80.8 Å². The zero-order valence-corrected chi connectivity index (χ0v) is 36.6. The third kappa shape index (κ3) is 11.2. The van der Waals surface area contributed by atoms with E-state index in [9.17, 15) is 14.9 Å². The Morgan fingerprint density at radius 1 is 0.887 bits per heavy atom. The van der Waals surface area contributed by atoms with E-state index in [1.54, 1.807) is 38.5 Å². The Morgan fingerprint density at radius 2 is 1.47 bits per heavy atom. The molecule has 0 bridgehead atoms. The van der Waals surface area contributed by atoms with Crippen molar-refractivity contribution in [1.82, 2.24) is 19.2 Å². The van der Waals surface area contributed by atoms with Crippen LogP contribution in [0.5, 0.6) is 17.2 Å². The fourth-order valence-electron chi connectivity index (χ4n) is 7.25. The highest BCUT2D eigenvalue weighted by atomic mass is 31.2. The number of aromatic nitrogens is 3. The topological polar surface area (TPSA) is 169 Å². The Bertz CT molecular complexity index is 2220. The summed E-state index contributed by atoms with van der Waals surface area (Å²) in [5.41, 5.74) is 0.632. The molecular formula is C46H53N6O9P. The quantitative estimate of drug-likeness (QED) is 0.0435. The van der Waals surface area contributed by atoms with Crippen LogP contribution in [0.15, 0.2) is 120 Å². The monoisotopic (exact) mass is 864 g/mol. The average molecular weight is 865 g/mol. The number of benzene rings is 4. The molecule has 4 aromatic carbocycles. The van der Waals surface area contributed by atoms with Gasteiger partial charge in [0, 0.05) is 18.5 Å². The first-order valence-electron chi connectivity index (χ1n) is 20.4. The normalized spacial score (nSPS) is 16.9. The number of anilines is 1. The van der Waals surface area contributed by atoms with Gasteiger partial charge >= 0.3 is 5.69 Å². The first-order valence-corrected chi connectivity index (χ1v) is 21.5. The van der Waals surface area contributed by atoms with Crippen molar-refractivity contribution in [1.29, 1.82) is 5.26 Å². The number of methoxy groups -OCH3 is 2. The first kappa shape index (κ1) is 45.8. The zero-order chi connectivity index (χ0) is 44.1. The van der Waals surface area contributed by atoms with Gasteiger partial charge in [0.1, 0.15) is 41.5 Å². The molecule has 2 heterocycles. The summed E-state index contributed by atoms with van der Waals surface area (Å²) in [5.74, 6) is 1.18. The minimum atomic E-state index is -1.72. The minimum absolute atomic E-state index is 0.00991. The van der Waals surface area contributed by atoms with Crippen molar-refractivity contribution in [3.05, 3.63) is 143 Å². The molecule has 16 heteroatoms. The number of nitriles is 1. The Morgan fingerprint density at radius 3 is 2.02 bits per heavy atom. The van der Waals surface area contributed by atoms with Gasteiger partial charge in [-0.3, -0.25) is 14.7 Å². The van der Waals surface area contributed by atoms with E-state index >= 15 is 0 Å². The van der Waals surface area contributed by atoms with Gasteiger partial charge in [0.2, 0.25) is 5.95 Å². The third-order valence-electron chi connectivity index (χ3n) is 10.1. The molecule has 4 atom stereocenters. The van der Waals surface area contributed by atoms with E-state index in [0.717, 1.165) is 16.7 Å². The van der Waals surface area contributed by atoms with Crippen molar-refractivity contribution in [2.75, 3.05) is 39.4 Å². The number of nitrogens with zero attached hydrogens (tertiary/aromatic N) is 5. The van der Waals surface area contributed by atoms with Crippen LogP contribution in [0.25, 0.3) is 0 Å². The molecule has 6 rings (SSSR count). The summed E-state index contributed by atoms with van der Waals surface area (Å²) in [5, 5.41) is 11.9. The van der Waals surface area contributed by atoms with Gasteiger partial charge in [0.15, 0.2) is 6.61 Å². The van der Waals surface area contributed by atoms with Crippen LogP contribution in [0.2, 0.25) is 0 Å². The van der Waals surface area contributed by atoms with Gasteiger partial charge in [0.25, 0.3) is 14.4 Å². The Hall–Kier alpha value is -5.72. The fourth-order valence-corrected chi connectivity index (χ4v) is 9.01. The molecule has 0 radical (unpaired) electrons. The van der Waals surface area contributed by atoms with Gasteiger partial charge in [-0.25, -0.2) is 14.4 Å². The lowest BCUT2D eigenvalue weighted by Gasteiger charge is -2.39. The summed E-state index contributed by atoms with van der Waals surface area (Å²) in [7, 11) is 1.51. The van der Waals surface area contributed by atoms with E-state index < -0.39 is 44.2 Å². The molecule has 0 aliphatic carbocycles. The molecule has 62 heavy (non-hydrogen) atoms. The standard InChI is InChI=1S/C46H53N6O9P/c1-32(2)52(33(3)4)62(59-27-13-26-47)61-40-28-43(51-31-48-44(50-45(51)54)49-42(53)30-57-39-16-11-8-12-17-39)60-41(40)29-58-46(34-14-9-7-10-15-34,35-18-22-37(55-5)23-19-35)36-20-24-38(56-6)25-21-36/h7-12,14-25,31-33,40-41,43H,13,27-30H2,1-6H3,(H,49,50,53,54)/t40?,41-,43-,62?/m1/s1. The zero-order valence-electron chi connectivity index (χ0n) is 35.7. The van der Waals surface area contributed by atoms with Crippen LogP contribution in [-0.4, -0.2) is 83.4 Å². The van der Waals surface area contributed by atoms with Crippen LogP contribution >= 0.6 is 8.53 Å². The number of ether oxygens (including phenoxy) is 5. The van der Waals surface area contributed by atoms with Crippen LogP contribution < -0.4 is 25.2 Å². The van der Waals surface area contributed by atoms with Crippen molar-refractivity contribution in [3.63, 3.8) is 0 Å². The molecule has 1 aromatic heterocycles. The number of carbonyl (C=O) groups excluding carboxylic acids is 1. The number of hydrogen-bond donors (Lipinski definition) is 1. The highest BCUT2D eigenvalue weighted by molar-refractivity contribution is 7.44. The van der Waals surface area contributed by atoms with E-state index in [0.29, 0.717) is 17.2 Å². The summed E-state index contributed by atoms with van der Waals surface area (Å²) < 4.78 is 47.2. The van der Waals surface area contributed by atoms with E-state index in [-0.39, 0.29) is 50.7 Å². The Balaban J connectivity index is 1.35. The second-order valence-corrected chi connectivity index (χ2v) is 16.3. The largest absolute Gasteiger partial charge is 0.497 e. The van der Waals surface area contributed by atoms with Crippen LogP contribution in [0.3, 0.4) is 0 Å². The summed E-state index contributed by atoms with van der Waals surface area (Å²) >= 11 is 0. The molecule has 1 N–H and O–H groups in total. The van der Waals surface area contributed by atoms with Crippen LogP contribution in [0.1, 0.15) is 63.5 Å². The number of hydrogen-bond acceptors (Lipinski definition) is 13. The lowest BCUT2D eigenvalue weighted by atomic mass is 9.80. The Labute approximate surface area is 363 Å². The predicted octanol–water partition coefficient (Wildman–Crippen LogP) is 7.63. The number of amides is 1. The van der Waals surface area contributed by atoms with Gasteiger partial charge < -0.3 is 32.7 Å². The lowest BCUT2D eigenvalue weighted by molar-refractivity contribution is -0.118. The van der Waals surface area contributed by atoms with E-state index in [1.165, 1.54) is 10.9 Å². The summed E-state index contributed by atoms with van der Waals surface area (Å²) in [6.07, 6.45) is -0.649. The second kappa shape index (κ2) is 21.9. The smallest absolute Gasteiger partial charge is 0.354 e. The molecule has 1 saturated heterocycles. The van der Waals surface area contributed by atoms with Crippen molar-refractivity contribution >= 4 is 20.4 Å². The van der Waals surface area contributed by atoms with Crippen LogP contribution in [-0.2, 0) is 28.9 Å². The summed E-state index contributed by atoms with van der Waals surface area (Å²) in [4.78, 5) is 34.7. The molecule has 0 spiro atoms. The van der Waals surface area contributed by atoms with E-state index in [4.69, 9.17) is 32.7 Å². The minimum Gasteiger partial charge on any atom is -0.497 e. The molecule has 0 saturated carbocycles. The molecule has 1 fully saturated rings. The predicted molar refractivity (Wildman–Crippen MR) is 234 cm³/mol. The maximum atomic E-state index is 13.7. The summed E-state index contributed by atoms with van der Waals surface area (Å²) in [6.45, 7) is 8.09. The van der Waals surface area contributed by atoms with E-state index in [1.807, 2.05) is 84.9 Å². The van der Waals surface area contributed by atoms with Crippen LogP contribution in [0, 0.1) is 11.3 Å². The van der Waals surface area contributed by atoms with Crippen molar-refractivity contribution in [2.24, 2.45) is 0 Å². The maximum Gasteiger partial charge on any atom is 0.354 e. The Kier molecular flexibility index (Phi) is 16.2. The van der Waals surface area contributed by atoms with Gasteiger partial charge in [-0.1, -0.05) is 72.8 Å². The second-order valence-electron chi connectivity index (χ2n) is 14.9. The number of carbonyl (C=O) groups is 1. The van der Waals surface area contributed by atoms with Crippen LogP contribution in [0.4, 0.5) is 5.95 Å². The fraction of sp³-hybridized carbons (Fsp3) is 0.370. The average Bonchev–Trinajstić information content (AvgIpc) is 3.68. The number of nitrogens with one attached hydrogen (secondary N) is 1. The molecule has 1 amide bonds. The molecular weight excluding hydrogens is 812 g/mol. The summed E-state index contributed by atoms with van der Waals surface area (Å²) in [6, 6.07) is 36.4. The molecule has 1 aliphatic rings. The maximum absolute atomic E-state index is 13.7. The number of para-hydroxylation sites is 1. The van der Waals surface area contributed by atoms with Gasteiger partial charge in [-0.15, -0.1) is 0 Å². The SMILES string of the molecule is COc1ccc(C(OC[C@H]2O[C@@H](n3cnc(NC(=O)COc4ccccc4)nc3=O)CC2OP(OCCC#N)N(C(C)C)C(C)C)(c2ccccc2)c2ccc(OC)cc2)cc1. The van der Waals surface area contributed by atoms with Crippen molar-refractivity contribution in [2.45, 2.75) is 76.7 Å². The molecule has 1 aliphatic heterocycles. The van der Waals surface area contributed by atoms with Crippen molar-refractivity contribution < 1.29 is 37.5 Å². The van der Waals surface area contributed by atoms with Gasteiger partial charge in [0.05, 0.1) is 46.0 Å². The molecule has 2 unspecified atom stereocenters. The van der Waals surface area contributed by atoms with Gasteiger partial charge in [-0.2, -0.15) is 10.2 Å². The lowest BCUT2D eigenvalue weighted by Crippen LogP contribution is -2.39. The molecule has 15 nitrogen and oxygen atoms in total. The van der Waals surface area contributed by atoms with E-state index in [2.05, 4.69) is 53.7 Å². The highest BCUT2D eigenvalue weighted by Gasteiger charge is 2.45. The molecule has 5 aromatic rings.